The van der Waals surface area contributed by atoms with E-state index in [9.17, 15) is 0 Å². The summed E-state index contributed by atoms with van der Waals surface area (Å²) < 4.78 is 1.10. The Balaban J connectivity index is 1.30. The van der Waals surface area contributed by atoms with Crippen molar-refractivity contribution in [2.24, 2.45) is 0 Å². The van der Waals surface area contributed by atoms with Gasteiger partial charge in [-0.2, -0.15) is 0 Å². The molecular weight excluding hydrogens is 510 g/mol. The van der Waals surface area contributed by atoms with Crippen molar-refractivity contribution < 1.29 is 0 Å². The highest BCUT2D eigenvalue weighted by Gasteiger charge is 2.27. The monoisotopic (exact) mass is 541 g/mol. The van der Waals surface area contributed by atoms with Gasteiger partial charge in [0.1, 0.15) is 0 Å². The Kier molecular flexibility index (Phi) is 7.75. The Morgan fingerprint density at radius 3 is 2.61 bits per heavy atom. The van der Waals surface area contributed by atoms with Crippen molar-refractivity contribution in [3.8, 4) is 11.3 Å². The molecule has 1 atom stereocenters. The summed E-state index contributed by atoms with van der Waals surface area (Å²) in [5.41, 5.74) is 8.32. The quantitative estimate of drug-likeness (QED) is 0.253. The van der Waals surface area contributed by atoms with Gasteiger partial charge in [-0.3, -0.25) is 0 Å². The van der Waals surface area contributed by atoms with E-state index in [2.05, 4.69) is 123 Å². The fourth-order valence-electron chi connectivity index (χ4n) is 4.76. The number of rotatable bonds is 9. The van der Waals surface area contributed by atoms with Crippen molar-refractivity contribution in [2.45, 2.75) is 18.8 Å². The van der Waals surface area contributed by atoms with Crippen LogP contribution < -0.4 is 10.6 Å². The average Bonchev–Trinajstić information content (AvgIpc) is 2.89. The van der Waals surface area contributed by atoms with Crippen LogP contribution in [0, 0.1) is 0 Å². The van der Waals surface area contributed by atoms with Crippen LogP contribution in [0.4, 0.5) is 11.6 Å². The highest BCUT2D eigenvalue weighted by Crippen LogP contribution is 2.42. The Morgan fingerprint density at radius 1 is 0.972 bits per heavy atom. The third-order valence-electron chi connectivity index (χ3n) is 6.67. The highest BCUT2D eigenvalue weighted by molar-refractivity contribution is 9.10. The molecule has 5 nitrogen and oxygen atoms in total. The van der Waals surface area contributed by atoms with E-state index in [1.807, 2.05) is 6.20 Å². The number of hydrogen-bond donors (Lipinski definition) is 2. The lowest BCUT2D eigenvalue weighted by atomic mass is 9.78. The van der Waals surface area contributed by atoms with E-state index < -0.39 is 0 Å². The molecular formula is C30H32BrN5. The molecule has 2 N–H and O–H groups in total. The Labute approximate surface area is 222 Å². The second-order valence-corrected chi connectivity index (χ2v) is 10.5. The second-order valence-electron chi connectivity index (χ2n) is 9.59. The number of nitrogens with one attached hydrogen (secondary N) is 2. The molecule has 0 amide bonds. The molecule has 1 heterocycles. The smallest absolute Gasteiger partial charge is 0.227 e. The van der Waals surface area contributed by atoms with Crippen molar-refractivity contribution >= 4 is 27.6 Å². The standard InChI is InChI=1S/C30H32BrN5/c1-36(2)17-16-32-15-14-21-10-12-25(13-11-21)34-30-33-20-23-19-28(22-6-5-7-24(31)18-22)26-8-3-4-9-27(26)29(23)35-30/h3-13,18,20,28,32H,14-17,19H2,1-2H3,(H,33,34,35). The lowest BCUT2D eigenvalue weighted by molar-refractivity contribution is 0.401. The molecule has 3 aromatic carbocycles. The van der Waals surface area contributed by atoms with Gasteiger partial charge >= 0.3 is 0 Å². The van der Waals surface area contributed by atoms with Crippen LogP contribution in [0.3, 0.4) is 0 Å². The van der Waals surface area contributed by atoms with Gasteiger partial charge in [-0.1, -0.05) is 64.5 Å². The third kappa shape index (κ3) is 5.84. The first-order valence-electron chi connectivity index (χ1n) is 12.5. The Bertz CT molecular complexity index is 1320. The van der Waals surface area contributed by atoms with Gasteiger partial charge < -0.3 is 15.5 Å². The molecule has 0 bridgehead atoms. The van der Waals surface area contributed by atoms with Crippen molar-refractivity contribution in [1.29, 1.82) is 0 Å². The number of benzene rings is 3. The molecule has 1 aromatic heterocycles. The highest BCUT2D eigenvalue weighted by atomic mass is 79.9. The summed E-state index contributed by atoms with van der Waals surface area (Å²) in [5.74, 6) is 0.918. The summed E-state index contributed by atoms with van der Waals surface area (Å²) in [5, 5.41) is 6.90. The minimum Gasteiger partial charge on any atom is -0.324 e. The molecule has 0 fully saturated rings. The van der Waals surface area contributed by atoms with Crippen LogP contribution in [0.2, 0.25) is 0 Å². The second kappa shape index (κ2) is 11.3. The molecule has 5 rings (SSSR count). The summed E-state index contributed by atoms with van der Waals surface area (Å²) in [6, 6.07) is 25.8. The molecule has 0 saturated carbocycles. The maximum absolute atomic E-state index is 4.96. The number of anilines is 2. The van der Waals surface area contributed by atoms with E-state index in [0.717, 1.165) is 48.3 Å². The van der Waals surface area contributed by atoms with E-state index in [1.165, 1.54) is 27.8 Å². The van der Waals surface area contributed by atoms with E-state index in [1.54, 1.807) is 0 Å². The molecule has 1 aliphatic rings. The number of hydrogen-bond acceptors (Lipinski definition) is 5. The van der Waals surface area contributed by atoms with Crippen LogP contribution in [0.1, 0.15) is 28.2 Å². The molecule has 36 heavy (non-hydrogen) atoms. The van der Waals surface area contributed by atoms with Crippen molar-refractivity contribution in [1.82, 2.24) is 20.2 Å². The van der Waals surface area contributed by atoms with Gasteiger partial charge in [0.05, 0.1) is 5.69 Å². The van der Waals surface area contributed by atoms with Crippen molar-refractivity contribution in [2.75, 3.05) is 39.0 Å². The predicted molar refractivity (Wildman–Crippen MR) is 152 cm³/mol. The normalized spacial score (nSPS) is 14.4. The SMILES string of the molecule is CN(C)CCNCCc1ccc(Nc2ncc3c(n2)-c2ccccc2C(c2cccc(Br)c2)C3)cc1. The summed E-state index contributed by atoms with van der Waals surface area (Å²) in [7, 11) is 4.19. The van der Waals surface area contributed by atoms with Crippen LogP contribution in [-0.4, -0.2) is 48.6 Å². The van der Waals surface area contributed by atoms with Crippen LogP contribution in [0.5, 0.6) is 0 Å². The lowest BCUT2D eigenvalue weighted by Crippen LogP contribution is -2.27. The van der Waals surface area contributed by atoms with Gasteiger partial charge in [0, 0.05) is 40.9 Å². The first-order chi connectivity index (χ1) is 17.6. The molecule has 0 aliphatic heterocycles. The van der Waals surface area contributed by atoms with Gasteiger partial charge in [-0.05, 0) is 80.0 Å². The molecule has 0 spiro atoms. The molecule has 0 radical (unpaired) electrons. The zero-order valence-electron chi connectivity index (χ0n) is 20.8. The Morgan fingerprint density at radius 2 is 1.81 bits per heavy atom. The van der Waals surface area contributed by atoms with Gasteiger partial charge in [0.25, 0.3) is 0 Å². The van der Waals surface area contributed by atoms with Gasteiger partial charge in [0.15, 0.2) is 0 Å². The fraction of sp³-hybridized carbons (Fsp3) is 0.267. The molecule has 1 unspecified atom stereocenters. The molecule has 184 valence electrons. The molecule has 6 heteroatoms. The Hall–Kier alpha value is -3.06. The first-order valence-corrected chi connectivity index (χ1v) is 13.3. The van der Waals surface area contributed by atoms with Gasteiger partial charge in [0.2, 0.25) is 5.95 Å². The van der Waals surface area contributed by atoms with E-state index in [0.29, 0.717) is 11.9 Å². The van der Waals surface area contributed by atoms with Gasteiger partial charge in [-0.25, -0.2) is 9.97 Å². The van der Waals surface area contributed by atoms with Crippen LogP contribution in [0.25, 0.3) is 11.3 Å². The van der Waals surface area contributed by atoms with Crippen LogP contribution in [0.15, 0.2) is 83.5 Å². The summed E-state index contributed by atoms with van der Waals surface area (Å²) >= 11 is 3.63. The zero-order valence-corrected chi connectivity index (χ0v) is 22.4. The van der Waals surface area contributed by atoms with E-state index in [-0.39, 0.29) is 0 Å². The zero-order chi connectivity index (χ0) is 24.9. The number of likely N-dealkylation sites (N-methyl/N-ethyl adjacent to an activating group) is 1. The predicted octanol–water partition coefficient (Wildman–Crippen LogP) is 6.03. The maximum Gasteiger partial charge on any atom is 0.227 e. The summed E-state index contributed by atoms with van der Waals surface area (Å²) in [4.78, 5) is 11.8. The van der Waals surface area contributed by atoms with E-state index in [4.69, 9.17) is 4.98 Å². The largest absolute Gasteiger partial charge is 0.324 e. The van der Waals surface area contributed by atoms with Crippen molar-refractivity contribution in [3.05, 3.63) is 106 Å². The number of aromatic nitrogens is 2. The molecule has 0 saturated heterocycles. The average molecular weight is 543 g/mol. The minimum absolute atomic E-state index is 0.290. The minimum atomic E-state index is 0.290. The third-order valence-corrected chi connectivity index (χ3v) is 7.16. The molecule has 4 aromatic rings. The van der Waals surface area contributed by atoms with Crippen LogP contribution >= 0.6 is 15.9 Å². The number of fused-ring (bicyclic) bond motifs is 3. The number of nitrogens with zero attached hydrogens (tertiary/aromatic N) is 3. The fourth-order valence-corrected chi connectivity index (χ4v) is 5.18. The number of halogens is 1. The topological polar surface area (TPSA) is 53.1 Å². The van der Waals surface area contributed by atoms with E-state index >= 15 is 0 Å². The lowest BCUT2D eigenvalue weighted by Gasteiger charge is -2.27. The summed E-state index contributed by atoms with van der Waals surface area (Å²) in [6.45, 7) is 3.04. The maximum atomic E-state index is 4.96. The summed E-state index contributed by atoms with van der Waals surface area (Å²) in [6.07, 6.45) is 3.89. The first kappa shape index (κ1) is 24.6. The van der Waals surface area contributed by atoms with Gasteiger partial charge in [-0.15, -0.1) is 0 Å². The van der Waals surface area contributed by atoms with Crippen molar-refractivity contribution in [3.63, 3.8) is 0 Å². The molecule has 1 aliphatic carbocycles. The van der Waals surface area contributed by atoms with Crippen LogP contribution in [-0.2, 0) is 12.8 Å².